The lowest BCUT2D eigenvalue weighted by Gasteiger charge is -2.39. The van der Waals surface area contributed by atoms with Gasteiger partial charge in [-0.25, -0.2) is 9.36 Å². The van der Waals surface area contributed by atoms with E-state index in [1.54, 1.807) is 0 Å². The SMILES string of the molecule is C=CC(=O)O[C@H]1O[C@H](COP(=O)(O)O)[C@@H](O)[C@H](O)[C@@H]1O. The molecule has 1 heterocycles. The van der Waals surface area contributed by atoms with Gasteiger partial charge in [0.2, 0.25) is 6.29 Å². The van der Waals surface area contributed by atoms with Crippen LogP contribution in [-0.4, -0.2) is 68.4 Å². The molecule has 0 aromatic rings. The number of hydrogen-bond donors (Lipinski definition) is 5. The van der Waals surface area contributed by atoms with Gasteiger partial charge in [-0.05, 0) is 0 Å². The molecule has 0 spiro atoms. The lowest BCUT2D eigenvalue weighted by molar-refractivity contribution is -0.290. The predicted molar refractivity (Wildman–Crippen MR) is 61.0 cm³/mol. The van der Waals surface area contributed by atoms with E-state index in [0.717, 1.165) is 6.08 Å². The van der Waals surface area contributed by atoms with Gasteiger partial charge in [0, 0.05) is 6.08 Å². The summed E-state index contributed by atoms with van der Waals surface area (Å²) in [5, 5.41) is 28.7. The van der Waals surface area contributed by atoms with E-state index in [-0.39, 0.29) is 0 Å². The predicted octanol–water partition coefficient (Wildman–Crippen LogP) is -2.37. The van der Waals surface area contributed by atoms with E-state index >= 15 is 0 Å². The van der Waals surface area contributed by atoms with Crippen molar-refractivity contribution in [2.75, 3.05) is 6.61 Å². The molecular weight excluding hydrogens is 299 g/mol. The monoisotopic (exact) mass is 314 g/mol. The molecule has 0 aromatic heterocycles. The van der Waals surface area contributed by atoms with E-state index in [4.69, 9.17) is 14.5 Å². The minimum absolute atomic E-state index is 0.780. The maximum atomic E-state index is 11.0. The van der Waals surface area contributed by atoms with Crippen LogP contribution in [0.4, 0.5) is 0 Å². The molecule has 0 bridgehead atoms. The second-order valence-corrected chi connectivity index (χ2v) is 5.18. The number of hydrogen-bond acceptors (Lipinski definition) is 8. The van der Waals surface area contributed by atoms with Gasteiger partial charge in [-0.15, -0.1) is 0 Å². The third-order valence-corrected chi connectivity index (χ3v) is 2.96. The van der Waals surface area contributed by atoms with Crippen molar-refractivity contribution in [3.05, 3.63) is 12.7 Å². The second-order valence-electron chi connectivity index (χ2n) is 3.94. The molecule has 0 aliphatic carbocycles. The fourth-order valence-electron chi connectivity index (χ4n) is 1.48. The van der Waals surface area contributed by atoms with Crippen molar-refractivity contribution in [1.82, 2.24) is 0 Å². The number of phosphoric ester groups is 1. The number of rotatable bonds is 5. The number of ether oxygens (including phenoxy) is 2. The molecule has 0 amide bonds. The lowest BCUT2D eigenvalue weighted by Crippen LogP contribution is -2.59. The topological polar surface area (TPSA) is 163 Å². The molecule has 1 aliphatic heterocycles. The van der Waals surface area contributed by atoms with Gasteiger partial charge in [0.1, 0.15) is 24.4 Å². The van der Waals surface area contributed by atoms with Crippen LogP contribution in [0.15, 0.2) is 12.7 Å². The van der Waals surface area contributed by atoms with Gasteiger partial charge in [-0.1, -0.05) is 6.58 Å². The van der Waals surface area contributed by atoms with E-state index in [1.807, 2.05) is 0 Å². The van der Waals surface area contributed by atoms with Crippen molar-refractivity contribution < 1.29 is 48.5 Å². The first kappa shape index (κ1) is 17.2. The average molecular weight is 314 g/mol. The first-order valence-electron chi connectivity index (χ1n) is 5.38. The van der Waals surface area contributed by atoms with Crippen molar-refractivity contribution in [3.63, 3.8) is 0 Å². The van der Waals surface area contributed by atoms with Crippen LogP contribution in [0.5, 0.6) is 0 Å². The Kier molecular flexibility index (Phi) is 5.80. The van der Waals surface area contributed by atoms with Gasteiger partial charge in [-0.3, -0.25) is 4.52 Å². The molecule has 1 saturated heterocycles. The minimum Gasteiger partial charge on any atom is -0.430 e. The Morgan fingerprint density at radius 3 is 2.35 bits per heavy atom. The van der Waals surface area contributed by atoms with Crippen LogP contribution in [0.25, 0.3) is 0 Å². The third kappa shape index (κ3) is 4.62. The maximum Gasteiger partial charge on any atom is 0.469 e. The van der Waals surface area contributed by atoms with E-state index < -0.39 is 51.1 Å². The maximum absolute atomic E-state index is 11.0. The Morgan fingerprint density at radius 2 is 1.85 bits per heavy atom. The van der Waals surface area contributed by atoms with Crippen molar-refractivity contribution in [2.45, 2.75) is 30.7 Å². The standard InChI is InChI=1S/C9H15O10P/c1-2-5(10)19-9-8(13)7(12)6(11)4(18-9)3-17-20(14,15)16/h2,4,6-9,11-13H,1,3H2,(H2,14,15,16)/t4-,6-,7+,8+,9-/m1/s1. The minimum atomic E-state index is -4.81. The summed E-state index contributed by atoms with van der Waals surface area (Å²) in [7, 11) is -4.81. The molecule has 0 unspecified atom stereocenters. The summed E-state index contributed by atoms with van der Waals surface area (Å²) in [5.41, 5.74) is 0. The summed E-state index contributed by atoms with van der Waals surface area (Å²) in [6, 6.07) is 0. The van der Waals surface area contributed by atoms with Gasteiger partial charge < -0.3 is 34.6 Å². The summed E-state index contributed by atoms with van der Waals surface area (Å²) in [6.07, 6.45) is -7.44. The quantitative estimate of drug-likeness (QED) is 0.210. The molecule has 10 nitrogen and oxygen atoms in total. The summed E-state index contributed by atoms with van der Waals surface area (Å²) >= 11 is 0. The summed E-state index contributed by atoms with van der Waals surface area (Å²) in [5.74, 6) is -0.952. The van der Waals surface area contributed by atoms with E-state index in [2.05, 4.69) is 15.8 Å². The van der Waals surface area contributed by atoms with Gasteiger partial charge >= 0.3 is 13.8 Å². The summed E-state index contributed by atoms with van der Waals surface area (Å²) in [6.45, 7) is 2.34. The van der Waals surface area contributed by atoms with Gasteiger partial charge in [0.25, 0.3) is 0 Å². The number of carbonyl (C=O) groups is 1. The number of carbonyl (C=O) groups excluding carboxylic acids is 1. The van der Waals surface area contributed by atoms with Crippen molar-refractivity contribution in [3.8, 4) is 0 Å². The highest BCUT2D eigenvalue weighted by Gasteiger charge is 2.46. The van der Waals surface area contributed by atoms with Crippen molar-refractivity contribution in [1.29, 1.82) is 0 Å². The zero-order chi connectivity index (χ0) is 15.5. The fraction of sp³-hybridized carbons (Fsp3) is 0.667. The van der Waals surface area contributed by atoms with Crippen molar-refractivity contribution >= 4 is 13.8 Å². The smallest absolute Gasteiger partial charge is 0.430 e. The summed E-state index contributed by atoms with van der Waals surface area (Å²) < 4.78 is 24.2. The van der Waals surface area contributed by atoms with Gasteiger partial charge in [0.05, 0.1) is 6.61 Å². The van der Waals surface area contributed by atoms with Crippen LogP contribution in [-0.2, 0) is 23.4 Å². The number of aliphatic hydroxyl groups excluding tert-OH is 3. The molecule has 0 saturated carbocycles. The zero-order valence-corrected chi connectivity index (χ0v) is 11.0. The average Bonchev–Trinajstić information content (AvgIpc) is 2.36. The molecule has 20 heavy (non-hydrogen) atoms. The summed E-state index contributed by atoms with van der Waals surface area (Å²) in [4.78, 5) is 28.1. The molecule has 1 fully saturated rings. The van der Waals surface area contributed by atoms with Crippen LogP contribution in [0.2, 0.25) is 0 Å². The molecule has 0 aromatic carbocycles. The first-order valence-corrected chi connectivity index (χ1v) is 6.91. The Balaban J connectivity index is 2.73. The molecule has 0 radical (unpaired) electrons. The van der Waals surface area contributed by atoms with Crippen LogP contribution in [0.1, 0.15) is 0 Å². The molecule has 11 heteroatoms. The van der Waals surface area contributed by atoms with E-state index in [9.17, 15) is 24.7 Å². The largest absolute Gasteiger partial charge is 0.469 e. The van der Waals surface area contributed by atoms with Crippen LogP contribution in [0.3, 0.4) is 0 Å². The molecule has 1 aliphatic rings. The molecular formula is C9H15O10P. The van der Waals surface area contributed by atoms with Crippen molar-refractivity contribution in [2.24, 2.45) is 0 Å². The third-order valence-electron chi connectivity index (χ3n) is 2.47. The highest BCUT2D eigenvalue weighted by Crippen LogP contribution is 2.37. The Hall–Kier alpha value is -0.840. The van der Waals surface area contributed by atoms with Crippen LogP contribution >= 0.6 is 7.82 Å². The molecule has 1 rings (SSSR count). The Bertz CT molecular complexity index is 406. The van der Waals surface area contributed by atoms with E-state index in [1.165, 1.54) is 0 Å². The zero-order valence-electron chi connectivity index (χ0n) is 10.1. The number of esters is 1. The highest BCUT2D eigenvalue weighted by atomic mass is 31.2. The number of phosphoric acid groups is 1. The normalized spacial score (nSPS) is 34.5. The number of aliphatic hydroxyl groups is 3. The Labute approximate surface area is 113 Å². The highest BCUT2D eigenvalue weighted by molar-refractivity contribution is 7.46. The van der Waals surface area contributed by atoms with Crippen LogP contribution in [0, 0.1) is 0 Å². The fourth-order valence-corrected chi connectivity index (χ4v) is 1.83. The van der Waals surface area contributed by atoms with E-state index in [0.29, 0.717) is 0 Å². The molecule has 116 valence electrons. The lowest BCUT2D eigenvalue weighted by atomic mass is 9.99. The van der Waals surface area contributed by atoms with Gasteiger partial charge in [0.15, 0.2) is 0 Å². The first-order chi connectivity index (χ1) is 9.15. The molecule has 5 atom stereocenters. The molecule has 5 N–H and O–H groups in total. The Morgan fingerprint density at radius 1 is 1.25 bits per heavy atom. The van der Waals surface area contributed by atoms with Gasteiger partial charge in [-0.2, -0.15) is 0 Å². The second kappa shape index (κ2) is 6.74. The van der Waals surface area contributed by atoms with Crippen LogP contribution < -0.4 is 0 Å².